The van der Waals surface area contributed by atoms with E-state index in [9.17, 15) is 4.79 Å². The summed E-state index contributed by atoms with van der Waals surface area (Å²) in [6, 6.07) is 1.94. The SMILES string of the molecule is Cc1cc(C(=O)C(C)Cl)c(C)n1CC1CCCCO1. The van der Waals surface area contributed by atoms with E-state index >= 15 is 0 Å². The van der Waals surface area contributed by atoms with Gasteiger partial charge >= 0.3 is 0 Å². The van der Waals surface area contributed by atoms with Crippen LogP contribution in [0.1, 0.15) is 47.9 Å². The van der Waals surface area contributed by atoms with Gasteiger partial charge in [-0.25, -0.2) is 0 Å². The summed E-state index contributed by atoms with van der Waals surface area (Å²) in [5.41, 5.74) is 2.85. The first-order chi connectivity index (χ1) is 9.00. The highest BCUT2D eigenvalue weighted by Crippen LogP contribution is 2.22. The number of hydrogen-bond acceptors (Lipinski definition) is 2. The monoisotopic (exact) mass is 283 g/mol. The van der Waals surface area contributed by atoms with Gasteiger partial charge < -0.3 is 9.30 Å². The number of carbonyl (C=O) groups is 1. The van der Waals surface area contributed by atoms with Gasteiger partial charge in [-0.15, -0.1) is 11.6 Å². The number of carbonyl (C=O) groups excluding carboxylic acids is 1. The Hall–Kier alpha value is -0.800. The minimum atomic E-state index is -0.472. The van der Waals surface area contributed by atoms with Crippen molar-refractivity contribution in [2.75, 3.05) is 6.61 Å². The Labute approximate surface area is 119 Å². The summed E-state index contributed by atoms with van der Waals surface area (Å²) >= 11 is 5.90. The summed E-state index contributed by atoms with van der Waals surface area (Å²) in [6.45, 7) is 7.43. The van der Waals surface area contributed by atoms with Crippen LogP contribution in [0.5, 0.6) is 0 Å². The van der Waals surface area contributed by atoms with Crippen molar-refractivity contribution in [3.8, 4) is 0 Å². The Morgan fingerprint density at radius 1 is 1.53 bits per heavy atom. The van der Waals surface area contributed by atoms with Crippen molar-refractivity contribution in [3.05, 3.63) is 23.0 Å². The lowest BCUT2D eigenvalue weighted by molar-refractivity contribution is 0.00544. The first-order valence-corrected chi connectivity index (χ1v) is 7.41. The molecule has 0 aliphatic carbocycles. The van der Waals surface area contributed by atoms with Crippen LogP contribution in [-0.4, -0.2) is 28.4 Å². The van der Waals surface area contributed by atoms with E-state index in [4.69, 9.17) is 16.3 Å². The first kappa shape index (κ1) is 14.6. The fourth-order valence-electron chi connectivity index (χ4n) is 2.70. The topological polar surface area (TPSA) is 31.2 Å². The molecule has 0 bridgehead atoms. The maximum absolute atomic E-state index is 12.0. The molecule has 0 amide bonds. The fourth-order valence-corrected chi connectivity index (χ4v) is 2.82. The molecule has 0 aromatic carbocycles. The number of hydrogen-bond donors (Lipinski definition) is 0. The predicted octanol–water partition coefficient (Wildman–Crippen LogP) is 3.48. The van der Waals surface area contributed by atoms with E-state index < -0.39 is 5.38 Å². The van der Waals surface area contributed by atoms with Crippen molar-refractivity contribution < 1.29 is 9.53 Å². The maximum atomic E-state index is 12.0. The molecule has 2 rings (SSSR count). The van der Waals surface area contributed by atoms with Gasteiger partial charge in [0.1, 0.15) is 0 Å². The van der Waals surface area contributed by atoms with Gasteiger partial charge in [-0.2, -0.15) is 0 Å². The minimum Gasteiger partial charge on any atom is -0.376 e. The number of alkyl halides is 1. The van der Waals surface area contributed by atoms with E-state index in [1.165, 1.54) is 6.42 Å². The van der Waals surface area contributed by atoms with Gasteiger partial charge in [-0.05, 0) is 46.1 Å². The summed E-state index contributed by atoms with van der Waals surface area (Å²) in [7, 11) is 0. The second-order valence-corrected chi connectivity index (χ2v) is 6.02. The molecular weight excluding hydrogens is 262 g/mol. The van der Waals surface area contributed by atoms with Crippen molar-refractivity contribution in [2.45, 2.75) is 58.1 Å². The third-order valence-electron chi connectivity index (χ3n) is 3.86. The lowest BCUT2D eigenvalue weighted by Gasteiger charge is -2.24. The number of aromatic nitrogens is 1. The Morgan fingerprint density at radius 3 is 2.84 bits per heavy atom. The molecule has 2 atom stereocenters. The quantitative estimate of drug-likeness (QED) is 0.626. The van der Waals surface area contributed by atoms with Gasteiger partial charge in [-0.3, -0.25) is 4.79 Å². The second-order valence-electron chi connectivity index (χ2n) is 5.36. The molecule has 1 fully saturated rings. The van der Waals surface area contributed by atoms with E-state index in [1.54, 1.807) is 6.92 Å². The standard InChI is InChI=1S/C15H22ClNO2/c1-10-8-14(15(18)11(2)16)12(3)17(10)9-13-6-4-5-7-19-13/h8,11,13H,4-7,9H2,1-3H3. The van der Waals surface area contributed by atoms with Crippen LogP contribution in [0.15, 0.2) is 6.07 Å². The molecule has 3 nitrogen and oxygen atoms in total. The van der Waals surface area contributed by atoms with Gasteiger partial charge in [0, 0.05) is 30.1 Å². The molecule has 1 aliphatic heterocycles. The Morgan fingerprint density at radius 2 is 2.26 bits per heavy atom. The molecule has 19 heavy (non-hydrogen) atoms. The molecule has 1 aromatic heterocycles. The van der Waals surface area contributed by atoms with E-state index in [1.807, 2.05) is 19.9 Å². The zero-order chi connectivity index (χ0) is 14.0. The molecule has 0 spiro atoms. The molecule has 1 aliphatic rings. The van der Waals surface area contributed by atoms with E-state index in [0.717, 1.165) is 42.9 Å². The summed E-state index contributed by atoms with van der Waals surface area (Å²) < 4.78 is 7.96. The highest BCUT2D eigenvalue weighted by Gasteiger charge is 2.21. The van der Waals surface area contributed by atoms with Crippen LogP contribution in [0.25, 0.3) is 0 Å². The number of ketones is 1. The number of halogens is 1. The van der Waals surface area contributed by atoms with Gasteiger partial charge in [0.2, 0.25) is 0 Å². The summed E-state index contributed by atoms with van der Waals surface area (Å²) in [5, 5.41) is -0.472. The molecule has 1 saturated heterocycles. The largest absolute Gasteiger partial charge is 0.376 e. The molecule has 0 N–H and O–H groups in total. The molecule has 4 heteroatoms. The van der Waals surface area contributed by atoms with Crippen LogP contribution in [-0.2, 0) is 11.3 Å². The normalized spacial score (nSPS) is 21.4. The molecule has 0 saturated carbocycles. The van der Waals surface area contributed by atoms with Gasteiger partial charge in [-0.1, -0.05) is 0 Å². The average molecular weight is 284 g/mol. The van der Waals surface area contributed by atoms with Crippen LogP contribution in [0.2, 0.25) is 0 Å². The Bertz CT molecular complexity index is 459. The second kappa shape index (κ2) is 6.10. The Kier molecular flexibility index (Phi) is 4.69. The van der Waals surface area contributed by atoms with Crippen LogP contribution < -0.4 is 0 Å². The van der Waals surface area contributed by atoms with E-state index in [0.29, 0.717) is 0 Å². The molecular formula is C15H22ClNO2. The van der Waals surface area contributed by atoms with Crippen molar-refractivity contribution in [1.82, 2.24) is 4.57 Å². The molecule has 2 unspecified atom stereocenters. The van der Waals surface area contributed by atoms with Crippen molar-refractivity contribution in [1.29, 1.82) is 0 Å². The van der Waals surface area contributed by atoms with Crippen LogP contribution >= 0.6 is 11.6 Å². The molecule has 106 valence electrons. The summed E-state index contributed by atoms with van der Waals surface area (Å²) in [6.07, 6.45) is 3.77. The zero-order valence-electron chi connectivity index (χ0n) is 11.9. The lowest BCUT2D eigenvalue weighted by atomic mass is 10.1. The van der Waals surface area contributed by atoms with Crippen molar-refractivity contribution in [3.63, 3.8) is 0 Å². The first-order valence-electron chi connectivity index (χ1n) is 6.97. The number of nitrogens with zero attached hydrogens (tertiary/aromatic N) is 1. The van der Waals surface area contributed by atoms with Crippen LogP contribution in [0, 0.1) is 13.8 Å². The molecule has 1 aromatic rings. The van der Waals surface area contributed by atoms with Gasteiger partial charge in [0.25, 0.3) is 0 Å². The molecule has 2 heterocycles. The number of aryl methyl sites for hydroxylation is 1. The number of ether oxygens (including phenoxy) is 1. The zero-order valence-corrected chi connectivity index (χ0v) is 12.7. The van der Waals surface area contributed by atoms with Gasteiger partial charge in [0.15, 0.2) is 5.78 Å². The smallest absolute Gasteiger partial charge is 0.182 e. The Balaban J connectivity index is 2.19. The highest BCUT2D eigenvalue weighted by atomic mass is 35.5. The highest BCUT2D eigenvalue weighted by molar-refractivity contribution is 6.33. The summed E-state index contributed by atoms with van der Waals surface area (Å²) in [5.74, 6) is 0.00517. The minimum absolute atomic E-state index is 0.00517. The van der Waals surface area contributed by atoms with Crippen molar-refractivity contribution >= 4 is 17.4 Å². The van der Waals surface area contributed by atoms with Crippen LogP contribution in [0.3, 0.4) is 0 Å². The fraction of sp³-hybridized carbons (Fsp3) is 0.667. The number of Topliss-reactive ketones (excluding diaryl/α,β-unsaturated/α-hetero) is 1. The van der Waals surface area contributed by atoms with E-state index in [2.05, 4.69) is 4.57 Å². The summed E-state index contributed by atoms with van der Waals surface area (Å²) in [4.78, 5) is 12.0. The van der Waals surface area contributed by atoms with Crippen LogP contribution in [0.4, 0.5) is 0 Å². The predicted molar refractivity (Wildman–Crippen MR) is 77.1 cm³/mol. The molecule has 0 radical (unpaired) electrons. The number of rotatable bonds is 4. The van der Waals surface area contributed by atoms with E-state index in [-0.39, 0.29) is 11.9 Å². The average Bonchev–Trinajstić information content (AvgIpc) is 2.67. The third kappa shape index (κ3) is 3.21. The third-order valence-corrected chi connectivity index (χ3v) is 4.06. The van der Waals surface area contributed by atoms with Crippen molar-refractivity contribution in [2.24, 2.45) is 0 Å². The lowest BCUT2D eigenvalue weighted by Crippen LogP contribution is -2.25. The van der Waals surface area contributed by atoms with Gasteiger partial charge in [0.05, 0.1) is 11.5 Å². The maximum Gasteiger partial charge on any atom is 0.182 e.